The first-order valence-corrected chi connectivity index (χ1v) is 6.45. The summed E-state index contributed by atoms with van der Waals surface area (Å²) >= 11 is 6.48. The summed E-state index contributed by atoms with van der Waals surface area (Å²) in [6, 6.07) is 3.58. The Balaban J connectivity index is 2.65. The molecule has 0 bridgehead atoms. The molecule has 3 nitrogen and oxygen atoms in total. The maximum absolute atomic E-state index is 11.2. The topological polar surface area (TPSA) is 46.5 Å². The Labute approximate surface area is 111 Å². The second kappa shape index (κ2) is 6.25. The highest BCUT2D eigenvalue weighted by Gasteiger charge is 2.08. The predicted molar refractivity (Wildman–Crippen MR) is 68.5 cm³/mol. The van der Waals surface area contributed by atoms with E-state index in [4.69, 9.17) is 4.74 Å². The second-order valence-corrected chi connectivity index (χ2v) is 4.92. The molecule has 88 valence electrons. The summed E-state index contributed by atoms with van der Waals surface area (Å²) in [5, 5.41) is 9.51. The van der Waals surface area contributed by atoms with Crippen LogP contribution >= 0.6 is 31.9 Å². The summed E-state index contributed by atoms with van der Waals surface area (Å²) in [5.41, 5.74) is 0.963. The maximum atomic E-state index is 11.2. The Morgan fingerprint density at radius 2 is 1.94 bits per heavy atom. The summed E-state index contributed by atoms with van der Waals surface area (Å²) in [5.74, 6) is -0.0392. The monoisotopic (exact) mass is 350 g/mol. The van der Waals surface area contributed by atoms with Gasteiger partial charge in [0.2, 0.25) is 0 Å². The Bertz CT molecular complexity index is 368. The van der Waals surface area contributed by atoms with E-state index >= 15 is 0 Å². The van der Waals surface area contributed by atoms with Crippen molar-refractivity contribution in [1.82, 2.24) is 0 Å². The standard InChI is InChI=1S/C11H12Br2O3/c1-2-16-10(14)4-3-7-5-8(12)11(15)9(13)6-7/h5-6,15H,2-4H2,1H3. The third-order valence-electron chi connectivity index (χ3n) is 2.00. The van der Waals surface area contributed by atoms with Gasteiger partial charge in [0.25, 0.3) is 0 Å². The fourth-order valence-corrected chi connectivity index (χ4v) is 2.52. The van der Waals surface area contributed by atoms with E-state index in [9.17, 15) is 9.90 Å². The fraction of sp³-hybridized carbons (Fsp3) is 0.364. The zero-order valence-electron chi connectivity index (χ0n) is 8.80. The molecule has 0 spiro atoms. The number of hydrogen-bond acceptors (Lipinski definition) is 3. The molecule has 0 radical (unpaired) electrons. The molecule has 0 saturated heterocycles. The second-order valence-electron chi connectivity index (χ2n) is 3.21. The van der Waals surface area contributed by atoms with Gasteiger partial charge >= 0.3 is 5.97 Å². The van der Waals surface area contributed by atoms with E-state index < -0.39 is 0 Å². The highest BCUT2D eigenvalue weighted by Crippen LogP contribution is 2.33. The van der Waals surface area contributed by atoms with Gasteiger partial charge in [-0.2, -0.15) is 0 Å². The summed E-state index contributed by atoms with van der Waals surface area (Å²) in [6.45, 7) is 2.19. The van der Waals surface area contributed by atoms with E-state index in [0.717, 1.165) is 5.56 Å². The SMILES string of the molecule is CCOC(=O)CCc1cc(Br)c(O)c(Br)c1. The van der Waals surface area contributed by atoms with Crippen molar-refractivity contribution >= 4 is 37.8 Å². The molecule has 1 rings (SSSR count). The molecule has 0 unspecified atom stereocenters. The zero-order chi connectivity index (χ0) is 12.1. The highest BCUT2D eigenvalue weighted by atomic mass is 79.9. The molecule has 0 aliphatic heterocycles. The predicted octanol–water partition coefficient (Wildman–Crippen LogP) is 3.41. The Hall–Kier alpha value is -0.550. The van der Waals surface area contributed by atoms with Crippen molar-refractivity contribution in [2.75, 3.05) is 6.61 Å². The lowest BCUT2D eigenvalue weighted by atomic mass is 10.1. The molecule has 1 aromatic carbocycles. The van der Waals surface area contributed by atoms with Crippen LogP contribution in [0.25, 0.3) is 0 Å². The number of benzene rings is 1. The minimum Gasteiger partial charge on any atom is -0.506 e. The first kappa shape index (κ1) is 13.5. The Morgan fingerprint density at radius 1 is 1.38 bits per heavy atom. The van der Waals surface area contributed by atoms with Gasteiger partial charge in [0.05, 0.1) is 15.6 Å². The van der Waals surface area contributed by atoms with Crippen LogP contribution in [-0.4, -0.2) is 17.7 Å². The van der Waals surface area contributed by atoms with Gasteiger partial charge in [-0.25, -0.2) is 0 Å². The van der Waals surface area contributed by atoms with E-state index in [-0.39, 0.29) is 11.7 Å². The summed E-state index contributed by atoms with van der Waals surface area (Å²) in [6.07, 6.45) is 0.938. The van der Waals surface area contributed by atoms with E-state index in [1.807, 2.05) is 0 Å². The lowest BCUT2D eigenvalue weighted by molar-refractivity contribution is -0.143. The molecule has 1 aromatic rings. The molecule has 0 saturated carbocycles. The van der Waals surface area contributed by atoms with Crippen molar-refractivity contribution in [3.8, 4) is 5.75 Å². The molecule has 1 N–H and O–H groups in total. The quantitative estimate of drug-likeness (QED) is 0.845. The number of hydrogen-bond donors (Lipinski definition) is 1. The molecule has 0 aliphatic carbocycles. The zero-order valence-corrected chi connectivity index (χ0v) is 12.0. The van der Waals surface area contributed by atoms with Crippen molar-refractivity contribution in [2.24, 2.45) is 0 Å². The van der Waals surface area contributed by atoms with Gasteiger partial charge in [0.1, 0.15) is 5.75 Å². The number of ether oxygens (including phenoxy) is 1. The summed E-state index contributed by atoms with van der Waals surface area (Å²) in [7, 11) is 0. The van der Waals surface area contributed by atoms with E-state index in [0.29, 0.717) is 28.4 Å². The molecule has 0 aliphatic rings. The molecule has 0 fully saturated rings. The molecule has 0 heterocycles. The van der Waals surface area contributed by atoms with Crippen molar-refractivity contribution < 1.29 is 14.6 Å². The first-order valence-electron chi connectivity index (χ1n) is 4.87. The van der Waals surface area contributed by atoms with Crippen molar-refractivity contribution in [1.29, 1.82) is 0 Å². The van der Waals surface area contributed by atoms with Crippen LogP contribution in [-0.2, 0) is 16.0 Å². The average Bonchev–Trinajstić information content (AvgIpc) is 2.23. The van der Waals surface area contributed by atoms with Gasteiger partial charge in [-0.05, 0) is 62.9 Å². The van der Waals surface area contributed by atoms with Crippen LogP contribution in [0, 0.1) is 0 Å². The van der Waals surface area contributed by atoms with E-state index in [1.165, 1.54) is 0 Å². The van der Waals surface area contributed by atoms with Gasteiger partial charge in [0, 0.05) is 6.42 Å². The fourth-order valence-electron chi connectivity index (χ4n) is 1.24. The Kier molecular flexibility index (Phi) is 5.28. The number of carbonyl (C=O) groups excluding carboxylic acids is 1. The van der Waals surface area contributed by atoms with Crippen molar-refractivity contribution in [3.05, 3.63) is 26.6 Å². The maximum Gasteiger partial charge on any atom is 0.306 e. The van der Waals surface area contributed by atoms with Crippen LogP contribution in [0.3, 0.4) is 0 Å². The van der Waals surface area contributed by atoms with Crippen LogP contribution in [0.2, 0.25) is 0 Å². The van der Waals surface area contributed by atoms with Gasteiger partial charge in [0.15, 0.2) is 0 Å². The number of rotatable bonds is 4. The van der Waals surface area contributed by atoms with Crippen molar-refractivity contribution in [2.45, 2.75) is 19.8 Å². The molecule has 5 heteroatoms. The molecular formula is C11H12Br2O3. The van der Waals surface area contributed by atoms with Crippen LogP contribution in [0.15, 0.2) is 21.1 Å². The van der Waals surface area contributed by atoms with Gasteiger partial charge < -0.3 is 9.84 Å². The third kappa shape index (κ3) is 3.79. The summed E-state index contributed by atoms with van der Waals surface area (Å²) in [4.78, 5) is 11.2. The highest BCUT2D eigenvalue weighted by molar-refractivity contribution is 9.11. The molecular weight excluding hydrogens is 340 g/mol. The lowest BCUT2D eigenvalue weighted by Gasteiger charge is -2.06. The molecule has 0 amide bonds. The van der Waals surface area contributed by atoms with E-state index in [2.05, 4.69) is 31.9 Å². The Morgan fingerprint density at radius 3 is 2.44 bits per heavy atom. The lowest BCUT2D eigenvalue weighted by Crippen LogP contribution is -2.05. The molecule has 16 heavy (non-hydrogen) atoms. The van der Waals surface area contributed by atoms with Crippen LogP contribution < -0.4 is 0 Å². The summed E-state index contributed by atoms with van der Waals surface area (Å²) < 4.78 is 6.06. The van der Waals surface area contributed by atoms with Gasteiger partial charge in [-0.1, -0.05) is 0 Å². The number of halogens is 2. The van der Waals surface area contributed by atoms with Crippen LogP contribution in [0.5, 0.6) is 5.75 Å². The smallest absolute Gasteiger partial charge is 0.306 e. The number of phenols is 1. The minimum atomic E-state index is -0.206. The van der Waals surface area contributed by atoms with Gasteiger partial charge in [-0.15, -0.1) is 0 Å². The molecule has 0 aromatic heterocycles. The third-order valence-corrected chi connectivity index (χ3v) is 3.21. The van der Waals surface area contributed by atoms with Crippen molar-refractivity contribution in [3.63, 3.8) is 0 Å². The van der Waals surface area contributed by atoms with E-state index in [1.54, 1.807) is 19.1 Å². The van der Waals surface area contributed by atoms with Gasteiger partial charge in [-0.3, -0.25) is 4.79 Å². The number of aryl methyl sites for hydroxylation is 1. The number of phenolic OH excluding ortho intramolecular Hbond substituents is 1. The van der Waals surface area contributed by atoms with Crippen LogP contribution in [0.1, 0.15) is 18.9 Å². The molecule has 0 atom stereocenters. The number of carbonyl (C=O) groups is 1. The largest absolute Gasteiger partial charge is 0.506 e. The first-order chi connectivity index (χ1) is 7.54. The minimum absolute atomic E-state index is 0.167. The number of esters is 1. The van der Waals surface area contributed by atoms with Crippen LogP contribution in [0.4, 0.5) is 0 Å². The number of aromatic hydroxyl groups is 1. The normalized spacial score (nSPS) is 10.2. The average molecular weight is 352 g/mol.